The van der Waals surface area contributed by atoms with Crippen molar-refractivity contribution in [3.8, 4) is 0 Å². The number of carbonyl (C=O) groups excluding carboxylic acids is 1. The number of thioether (sulfide) groups is 1. The highest BCUT2D eigenvalue weighted by Gasteiger charge is 2.29. The summed E-state index contributed by atoms with van der Waals surface area (Å²) in [4.78, 5) is 27.4. The summed E-state index contributed by atoms with van der Waals surface area (Å²) in [5, 5.41) is 11.8. The zero-order chi connectivity index (χ0) is 16.0. The molecule has 0 aliphatic carbocycles. The molecular formula is C14H27N3O3S. The standard InChI is InChI=1S/C14H27N3O3S/c1-14(2,3)17-8-6-16(7-9-17)13(20)15-11(12(18)19)5-10-21-4/h11H,5-10H2,1-4H3,(H,15,20)(H,18,19). The summed E-state index contributed by atoms with van der Waals surface area (Å²) in [6, 6.07) is -1.07. The second-order valence-corrected chi connectivity index (χ2v) is 7.25. The maximum absolute atomic E-state index is 12.2. The van der Waals surface area contributed by atoms with E-state index in [9.17, 15) is 9.59 Å². The lowest BCUT2D eigenvalue weighted by molar-refractivity contribution is -0.139. The number of carboxylic acid groups (broad SMARTS) is 1. The summed E-state index contributed by atoms with van der Waals surface area (Å²) in [5.41, 5.74) is 0.102. The Kier molecular flexibility index (Phi) is 6.80. The van der Waals surface area contributed by atoms with Crippen molar-refractivity contribution in [2.24, 2.45) is 0 Å². The molecular weight excluding hydrogens is 290 g/mol. The van der Waals surface area contributed by atoms with Crippen LogP contribution >= 0.6 is 11.8 Å². The van der Waals surface area contributed by atoms with E-state index in [4.69, 9.17) is 5.11 Å². The van der Waals surface area contributed by atoms with E-state index < -0.39 is 12.0 Å². The molecule has 6 nitrogen and oxygen atoms in total. The van der Waals surface area contributed by atoms with Crippen molar-refractivity contribution in [1.29, 1.82) is 0 Å². The van der Waals surface area contributed by atoms with E-state index in [1.807, 2.05) is 6.26 Å². The van der Waals surface area contributed by atoms with Crippen LogP contribution in [0, 0.1) is 0 Å². The van der Waals surface area contributed by atoms with Gasteiger partial charge in [-0.05, 0) is 39.2 Å². The molecule has 21 heavy (non-hydrogen) atoms. The minimum atomic E-state index is -0.967. The first-order valence-corrected chi connectivity index (χ1v) is 8.67. The quantitative estimate of drug-likeness (QED) is 0.800. The van der Waals surface area contributed by atoms with Crippen LogP contribution in [0.1, 0.15) is 27.2 Å². The highest BCUT2D eigenvalue weighted by molar-refractivity contribution is 7.98. The second-order valence-electron chi connectivity index (χ2n) is 6.27. The first-order chi connectivity index (χ1) is 9.75. The van der Waals surface area contributed by atoms with Crippen molar-refractivity contribution >= 4 is 23.8 Å². The molecule has 0 aromatic carbocycles. The van der Waals surface area contributed by atoms with E-state index in [0.29, 0.717) is 19.5 Å². The average Bonchev–Trinajstić information content (AvgIpc) is 2.42. The molecule has 0 spiro atoms. The molecule has 1 heterocycles. The third-order valence-corrected chi connectivity index (χ3v) is 4.37. The molecule has 122 valence electrons. The zero-order valence-electron chi connectivity index (χ0n) is 13.4. The Hall–Kier alpha value is -0.950. The smallest absolute Gasteiger partial charge is 0.326 e. The molecule has 1 aliphatic rings. The van der Waals surface area contributed by atoms with Gasteiger partial charge in [0.25, 0.3) is 0 Å². The number of urea groups is 1. The Labute approximate surface area is 131 Å². The van der Waals surface area contributed by atoms with Crippen LogP contribution in [0.5, 0.6) is 0 Å². The molecule has 0 aromatic heterocycles. The van der Waals surface area contributed by atoms with E-state index in [1.54, 1.807) is 16.7 Å². The topological polar surface area (TPSA) is 72.9 Å². The van der Waals surface area contributed by atoms with Crippen LogP contribution < -0.4 is 5.32 Å². The first-order valence-electron chi connectivity index (χ1n) is 7.28. The van der Waals surface area contributed by atoms with E-state index in [0.717, 1.165) is 18.8 Å². The highest BCUT2D eigenvalue weighted by atomic mass is 32.2. The Bertz CT molecular complexity index is 363. The number of carboxylic acids is 1. The lowest BCUT2D eigenvalue weighted by Gasteiger charge is -2.42. The molecule has 1 fully saturated rings. The summed E-state index contributed by atoms with van der Waals surface area (Å²) in [6.45, 7) is 9.39. The maximum Gasteiger partial charge on any atom is 0.326 e. The Morgan fingerprint density at radius 2 is 1.81 bits per heavy atom. The van der Waals surface area contributed by atoms with Gasteiger partial charge in [0, 0.05) is 31.7 Å². The maximum atomic E-state index is 12.2. The van der Waals surface area contributed by atoms with Crippen molar-refractivity contribution in [3.05, 3.63) is 0 Å². The number of hydrogen-bond acceptors (Lipinski definition) is 4. The van der Waals surface area contributed by atoms with Gasteiger partial charge in [0.05, 0.1) is 0 Å². The number of piperazine rings is 1. The van der Waals surface area contributed by atoms with E-state index in [2.05, 4.69) is 31.0 Å². The Morgan fingerprint density at radius 1 is 1.24 bits per heavy atom. The van der Waals surface area contributed by atoms with Crippen molar-refractivity contribution in [1.82, 2.24) is 15.1 Å². The number of nitrogens with one attached hydrogen (secondary N) is 1. The Morgan fingerprint density at radius 3 is 2.24 bits per heavy atom. The van der Waals surface area contributed by atoms with E-state index in [1.165, 1.54) is 0 Å². The largest absolute Gasteiger partial charge is 0.480 e. The molecule has 2 amide bonds. The fourth-order valence-electron chi connectivity index (χ4n) is 2.31. The minimum absolute atomic E-state index is 0.102. The summed E-state index contributed by atoms with van der Waals surface area (Å²) in [5.74, 6) is -0.250. The fourth-order valence-corrected chi connectivity index (χ4v) is 2.79. The second kappa shape index (κ2) is 7.89. The molecule has 1 unspecified atom stereocenters. The number of carbonyl (C=O) groups is 2. The number of nitrogens with zero attached hydrogens (tertiary/aromatic N) is 2. The van der Waals surface area contributed by atoms with Gasteiger partial charge in [-0.2, -0.15) is 11.8 Å². The first kappa shape index (κ1) is 18.1. The monoisotopic (exact) mass is 317 g/mol. The van der Waals surface area contributed by atoms with Crippen LogP contribution in [0.15, 0.2) is 0 Å². The van der Waals surface area contributed by atoms with Gasteiger partial charge in [-0.15, -0.1) is 0 Å². The van der Waals surface area contributed by atoms with Crippen LogP contribution in [-0.4, -0.2) is 76.7 Å². The molecule has 0 radical (unpaired) electrons. The average molecular weight is 317 g/mol. The van der Waals surface area contributed by atoms with Crippen molar-refractivity contribution < 1.29 is 14.7 Å². The number of aliphatic carboxylic acids is 1. The van der Waals surface area contributed by atoms with Crippen LogP contribution in [0.3, 0.4) is 0 Å². The summed E-state index contributed by atoms with van der Waals surface area (Å²) in [7, 11) is 0. The predicted octanol–water partition coefficient (Wildman–Crippen LogP) is 1.32. The van der Waals surface area contributed by atoms with Gasteiger partial charge in [-0.1, -0.05) is 0 Å². The molecule has 0 saturated carbocycles. The molecule has 0 aromatic rings. The van der Waals surface area contributed by atoms with Crippen molar-refractivity contribution in [2.75, 3.05) is 38.2 Å². The van der Waals surface area contributed by atoms with Gasteiger partial charge in [-0.3, -0.25) is 4.90 Å². The van der Waals surface area contributed by atoms with Gasteiger partial charge in [0.2, 0.25) is 0 Å². The fraction of sp³-hybridized carbons (Fsp3) is 0.857. The number of amides is 2. The van der Waals surface area contributed by atoms with Crippen LogP contribution in [0.2, 0.25) is 0 Å². The Balaban J connectivity index is 2.47. The third-order valence-electron chi connectivity index (χ3n) is 3.72. The van der Waals surface area contributed by atoms with Crippen molar-refractivity contribution in [2.45, 2.75) is 38.8 Å². The number of hydrogen-bond donors (Lipinski definition) is 2. The number of rotatable bonds is 5. The van der Waals surface area contributed by atoms with Crippen molar-refractivity contribution in [3.63, 3.8) is 0 Å². The molecule has 7 heteroatoms. The molecule has 0 bridgehead atoms. The van der Waals surface area contributed by atoms with Gasteiger partial charge in [0.15, 0.2) is 0 Å². The summed E-state index contributed by atoms with van der Waals surface area (Å²) >= 11 is 1.58. The molecule has 1 atom stereocenters. The van der Waals surface area contributed by atoms with Crippen LogP contribution in [-0.2, 0) is 4.79 Å². The highest BCUT2D eigenvalue weighted by Crippen LogP contribution is 2.15. The SMILES string of the molecule is CSCCC(NC(=O)N1CCN(C(C)(C)C)CC1)C(=O)O. The van der Waals surface area contributed by atoms with Crippen LogP contribution in [0.25, 0.3) is 0 Å². The van der Waals surface area contributed by atoms with E-state index >= 15 is 0 Å². The van der Waals surface area contributed by atoms with Gasteiger partial charge >= 0.3 is 12.0 Å². The molecule has 1 saturated heterocycles. The normalized spacial score (nSPS) is 18.4. The summed E-state index contributed by atoms with van der Waals surface area (Å²) in [6.07, 6.45) is 2.37. The predicted molar refractivity (Wildman–Crippen MR) is 85.9 cm³/mol. The lowest BCUT2D eigenvalue weighted by atomic mass is 10.1. The zero-order valence-corrected chi connectivity index (χ0v) is 14.2. The molecule has 2 N–H and O–H groups in total. The summed E-state index contributed by atoms with van der Waals surface area (Å²) < 4.78 is 0. The van der Waals surface area contributed by atoms with E-state index in [-0.39, 0.29) is 11.6 Å². The lowest BCUT2D eigenvalue weighted by Crippen LogP contribution is -2.57. The minimum Gasteiger partial charge on any atom is -0.480 e. The molecule has 1 rings (SSSR count). The molecule has 1 aliphatic heterocycles. The van der Waals surface area contributed by atoms with Gasteiger partial charge in [-0.25, -0.2) is 9.59 Å². The van der Waals surface area contributed by atoms with Gasteiger partial charge < -0.3 is 15.3 Å². The van der Waals surface area contributed by atoms with Gasteiger partial charge in [0.1, 0.15) is 6.04 Å². The van der Waals surface area contributed by atoms with Crippen LogP contribution in [0.4, 0.5) is 4.79 Å². The third kappa shape index (κ3) is 5.74.